The Labute approximate surface area is 101 Å². The Morgan fingerprint density at radius 2 is 2.00 bits per heavy atom. The van der Waals surface area contributed by atoms with Crippen molar-refractivity contribution >= 4 is 11.7 Å². The van der Waals surface area contributed by atoms with Gasteiger partial charge in [-0.2, -0.15) is 13.2 Å². The van der Waals surface area contributed by atoms with Crippen LogP contribution in [0.4, 0.5) is 23.2 Å². The molecule has 0 spiro atoms. The molecule has 100 valence electrons. The van der Waals surface area contributed by atoms with Crippen LogP contribution in [-0.2, 0) is 4.74 Å². The standard InChI is InChI=1S/C11H11F4NO2/c12-9-6-7(16)2-3-8(9)10(17)18-5-1-4-11(13,14)15/h2-3,6H,1,4-5,16H2. The van der Waals surface area contributed by atoms with Crippen molar-refractivity contribution in [3.8, 4) is 0 Å². The highest BCUT2D eigenvalue weighted by molar-refractivity contribution is 5.90. The van der Waals surface area contributed by atoms with Crippen LogP contribution in [0, 0.1) is 5.82 Å². The van der Waals surface area contributed by atoms with E-state index in [0.29, 0.717) is 0 Å². The molecule has 0 bridgehead atoms. The highest BCUT2D eigenvalue weighted by atomic mass is 19.4. The number of ether oxygens (including phenoxy) is 1. The van der Waals surface area contributed by atoms with Gasteiger partial charge in [0, 0.05) is 12.1 Å². The Balaban J connectivity index is 2.46. The molecule has 0 heterocycles. The van der Waals surface area contributed by atoms with Crippen LogP contribution >= 0.6 is 0 Å². The Morgan fingerprint density at radius 3 is 2.56 bits per heavy atom. The molecule has 1 aromatic carbocycles. The molecule has 2 N–H and O–H groups in total. The van der Waals surface area contributed by atoms with Gasteiger partial charge in [0.15, 0.2) is 0 Å². The number of carbonyl (C=O) groups excluding carboxylic acids is 1. The van der Waals surface area contributed by atoms with Gasteiger partial charge in [-0.05, 0) is 24.6 Å². The summed E-state index contributed by atoms with van der Waals surface area (Å²) in [4.78, 5) is 11.3. The maximum absolute atomic E-state index is 13.2. The van der Waals surface area contributed by atoms with Crippen LogP contribution < -0.4 is 5.73 Å². The van der Waals surface area contributed by atoms with Gasteiger partial charge in [-0.3, -0.25) is 0 Å². The van der Waals surface area contributed by atoms with E-state index in [2.05, 4.69) is 4.74 Å². The third kappa shape index (κ3) is 4.60. The van der Waals surface area contributed by atoms with E-state index in [9.17, 15) is 22.4 Å². The lowest BCUT2D eigenvalue weighted by Crippen LogP contribution is -2.12. The lowest BCUT2D eigenvalue weighted by Gasteiger charge is -2.07. The average Bonchev–Trinajstić information content (AvgIpc) is 2.22. The third-order valence-corrected chi connectivity index (χ3v) is 2.05. The van der Waals surface area contributed by atoms with Gasteiger partial charge in [0.2, 0.25) is 0 Å². The minimum atomic E-state index is -4.29. The number of halogens is 4. The first-order chi connectivity index (χ1) is 8.29. The molecule has 0 aliphatic carbocycles. The van der Waals surface area contributed by atoms with Crippen molar-refractivity contribution in [2.75, 3.05) is 12.3 Å². The molecule has 0 saturated heterocycles. The maximum Gasteiger partial charge on any atom is 0.389 e. The molecular weight excluding hydrogens is 254 g/mol. The predicted molar refractivity (Wildman–Crippen MR) is 56.4 cm³/mol. The monoisotopic (exact) mass is 265 g/mol. The maximum atomic E-state index is 13.2. The number of nitrogen functional groups attached to an aromatic ring is 1. The molecule has 0 atom stereocenters. The number of alkyl halides is 3. The summed E-state index contributed by atoms with van der Waals surface area (Å²) in [5.41, 5.74) is 5.07. The summed E-state index contributed by atoms with van der Waals surface area (Å²) >= 11 is 0. The molecular formula is C11H11F4NO2. The fourth-order valence-electron chi connectivity index (χ4n) is 1.21. The van der Waals surface area contributed by atoms with Crippen LogP contribution in [0.25, 0.3) is 0 Å². The minimum absolute atomic E-state index is 0.140. The number of benzene rings is 1. The largest absolute Gasteiger partial charge is 0.462 e. The lowest BCUT2D eigenvalue weighted by molar-refractivity contribution is -0.137. The fraction of sp³-hybridized carbons (Fsp3) is 0.364. The van der Waals surface area contributed by atoms with E-state index in [1.54, 1.807) is 0 Å². The summed E-state index contributed by atoms with van der Waals surface area (Å²) in [6.45, 7) is -0.415. The van der Waals surface area contributed by atoms with E-state index in [1.807, 2.05) is 0 Å². The molecule has 7 heteroatoms. The first-order valence-electron chi connectivity index (χ1n) is 5.08. The number of nitrogens with two attached hydrogens (primary N) is 1. The number of anilines is 1. The van der Waals surface area contributed by atoms with Crippen LogP contribution in [-0.4, -0.2) is 18.8 Å². The topological polar surface area (TPSA) is 52.3 Å². The summed E-state index contributed by atoms with van der Waals surface area (Å²) in [5.74, 6) is -1.87. The Kier molecular flexibility index (Phi) is 4.52. The SMILES string of the molecule is Nc1ccc(C(=O)OCCCC(F)(F)F)c(F)c1. The van der Waals surface area contributed by atoms with Crippen molar-refractivity contribution in [3.05, 3.63) is 29.6 Å². The highest BCUT2D eigenvalue weighted by Crippen LogP contribution is 2.21. The van der Waals surface area contributed by atoms with Crippen LogP contribution in [0.5, 0.6) is 0 Å². The van der Waals surface area contributed by atoms with E-state index in [0.717, 1.165) is 12.1 Å². The molecule has 0 aliphatic rings. The number of carbonyl (C=O) groups is 1. The molecule has 3 nitrogen and oxygen atoms in total. The van der Waals surface area contributed by atoms with Crippen LogP contribution in [0.2, 0.25) is 0 Å². The Bertz CT molecular complexity index is 432. The van der Waals surface area contributed by atoms with Gasteiger partial charge in [0.05, 0.1) is 12.2 Å². The van der Waals surface area contributed by atoms with E-state index >= 15 is 0 Å². The predicted octanol–water partition coefficient (Wildman–Crippen LogP) is 2.91. The summed E-state index contributed by atoms with van der Waals surface area (Å²) in [6.07, 6.45) is -5.70. The zero-order valence-electron chi connectivity index (χ0n) is 9.26. The first-order valence-corrected chi connectivity index (χ1v) is 5.08. The van der Waals surface area contributed by atoms with Crippen molar-refractivity contribution in [1.29, 1.82) is 0 Å². The lowest BCUT2D eigenvalue weighted by atomic mass is 10.2. The van der Waals surface area contributed by atoms with Crippen molar-refractivity contribution in [2.24, 2.45) is 0 Å². The zero-order chi connectivity index (χ0) is 13.8. The van der Waals surface area contributed by atoms with Gasteiger partial charge < -0.3 is 10.5 Å². The molecule has 0 aliphatic heterocycles. The summed E-state index contributed by atoms with van der Waals surface area (Å²) < 4.78 is 53.2. The Hall–Kier alpha value is -1.79. The third-order valence-electron chi connectivity index (χ3n) is 2.05. The van der Waals surface area contributed by atoms with Gasteiger partial charge in [0.25, 0.3) is 0 Å². The minimum Gasteiger partial charge on any atom is -0.462 e. The molecule has 1 aromatic rings. The smallest absolute Gasteiger partial charge is 0.389 e. The quantitative estimate of drug-likeness (QED) is 0.394. The van der Waals surface area contributed by atoms with Crippen molar-refractivity contribution in [3.63, 3.8) is 0 Å². The number of rotatable bonds is 4. The number of hydrogen-bond donors (Lipinski definition) is 1. The molecule has 0 saturated carbocycles. The molecule has 1 rings (SSSR count). The second-order valence-electron chi connectivity index (χ2n) is 3.59. The first kappa shape index (κ1) is 14.3. The molecule has 0 aromatic heterocycles. The molecule has 0 radical (unpaired) electrons. The molecule has 0 unspecified atom stereocenters. The number of hydrogen-bond acceptors (Lipinski definition) is 3. The van der Waals surface area contributed by atoms with Gasteiger partial charge in [-0.25, -0.2) is 9.18 Å². The summed E-state index contributed by atoms with van der Waals surface area (Å²) in [6, 6.07) is 3.36. The normalized spacial score (nSPS) is 11.3. The van der Waals surface area contributed by atoms with Crippen LogP contribution in [0.1, 0.15) is 23.2 Å². The Morgan fingerprint density at radius 1 is 1.33 bits per heavy atom. The second-order valence-corrected chi connectivity index (χ2v) is 3.59. The molecule has 0 amide bonds. The fourth-order valence-corrected chi connectivity index (χ4v) is 1.21. The average molecular weight is 265 g/mol. The van der Waals surface area contributed by atoms with Crippen molar-refractivity contribution in [2.45, 2.75) is 19.0 Å². The van der Waals surface area contributed by atoms with Crippen LogP contribution in [0.3, 0.4) is 0 Å². The van der Waals surface area contributed by atoms with E-state index in [4.69, 9.17) is 5.73 Å². The molecule has 18 heavy (non-hydrogen) atoms. The number of esters is 1. The second kappa shape index (κ2) is 5.70. The zero-order valence-corrected chi connectivity index (χ0v) is 9.26. The highest BCUT2D eigenvalue weighted by Gasteiger charge is 2.26. The van der Waals surface area contributed by atoms with E-state index in [-0.39, 0.29) is 17.7 Å². The van der Waals surface area contributed by atoms with E-state index in [1.165, 1.54) is 6.07 Å². The van der Waals surface area contributed by atoms with Gasteiger partial charge in [-0.15, -0.1) is 0 Å². The van der Waals surface area contributed by atoms with Gasteiger partial charge in [0.1, 0.15) is 5.82 Å². The summed E-state index contributed by atoms with van der Waals surface area (Å²) in [5, 5.41) is 0. The van der Waals surface area contributed by atoms with Gasteiger partial charge in [-0.1, -0.05) is 0 Å². The van der Waals surface area contributed by atoms with Crippen molar-refractivity contribution < 1.29 is 27.1 Å². The van der Waals surface area contributed by atoms with Crippen LogP contribution in [0.15, 0.2) is 18.2 Å². The summed E-state index contributed by atoms with van der Waals surface area (Å²) in [7, 11) is 0. The van der Waals surface area contributed by atoms with E-state index < -0.39 is 31.0 Å². The van der Waals surface area contributed by atoms with Gasteiger partial charge >= 0.3 is 12.1 Å². The molecule has 0 fully saturated rings. The van der Waals surface area contributed by atoms with Crippen molar-refractivity contribution in [1.82, 2.24) is 0 Å².